The molecule has 0 unspecified atom stereocenters. The predicted octanol–water partition coefficient (Wildman–Crippen LogP) is 1.70. The molecular formula is C15H15N3O5. The second-order valence-electron chi connectivity index (χ2n) is 5.37. The first-order valence-electron chi connectivity index (χ1n) is 6.85. The van der Waals surface area contributed by atoms with Gasteiger partial charge < -0.3 is 19.5 Å². The number of carbonyl (C=O) groups is 2. The number of fused-ring (bicyclic) bond motifs is 1. The number of methoxy groups -OCH3 is 1. The monoisotopic (exact) mass is 317 g/mol. The summed E-state index contributed by atoms with van der Waals surface area (Å²) < 4.78 is 15.1. The van der Waals surface area contributed by atoms with Crippen LogP contribution in [0.2, 0.25) is 0 Å². The number of rotatable bonds is 3. The van der Waals surface area contributed by atoms with Gasteiger partial charge in [-0.15, -0.1) is 5.10 Å². The number of esters is 2. The van der Waals surface area contributed by atoms with Gasteiger partial charge in [-0.3, -0.25) is 5.10 Å². The van der Waals surface area contributed by atoms with E-state index in [-0.39, 0.29) is 5.57 Å². The molecule has 0 spiro atoms. The van der Waals surface area contributed by atoms with Crippen LogP contribution in [0.15, 0.2) is 30.0 Å². The van der Waals surface area contributed by atoms with Crippen molar-refractivity contribution in [2.75, 3.05) is 12.4 Å². The molecule has 1 aliphatic rings. The van der Waals surface area contributed by atoms with Crippen molar-refractivity contribution in [3.05, 3.63) is 30.0 Å². The van der Waals surface area contributed by atoms with Gasteiger partial charge in [0.15, 0.2) is 5.57 Å². The lowest BCUT2D eigenvalue weighted by Crippen LogP contribution is -2.42. The Labute approximate surface area is 131 Å². The molecule has 0 amide bonds. The highest BCUT2D eigenvalue weighted by Gasteiger charge is 2.38. The quantitative estimate of drug-likeness (QED) is 0.504. The maximum Gasteiger partial charge on any atom is 0.350 e. The zero-order valence-corrected chi connectivity index (χ0v) is 12.8. The van der Waals surface area contributed by atoms with Gasteiger partial charge >= 0.3 is 11.9 Å². The molecule has 1 saturated heterocycles. The van der Waals surface area contributed by atoms with E-state index in [1.165, 1.54) is 27.2 Å². The Balaban J connectivity index is 1.82. The van der Waals surface area contributed by atoms with Gasteiger partial charge in [0.25, 0.3) is 5.79 Å². The van der Waals surface area contributed by atoms with E-state index >= 15 is 0 Å². The molecule has 1 fully saturated rings. The number of H-pyrrole nitrogens is 1. The molecule has 23 heavy (non-hydrogen) atoms. The first kappa shape index (κ1) is 14.9. The number of hydrogen-bond acceptors (Lipinski definition) is 7. The molecule has 2 N–H and O–H groups in total. The molecule has 8 nitrogen and oxygen atoms in total. The van der Waals surface area contributed by atoms with Gasteiger partial charge in [-0.05, 0) is 18.2 Å². The summed E-state index contributed by atoms with van der Waals surface area (Å²) in [6.45, 7) is 2.99. The first-order valence-corrected chi connectivity index (χ1v) is 6.85. The van der Waals surface area contributed by atoms with Crippen molar-refractivity contribution in [2.45, 2.75) is 19.6 Å². The van der Waals surface area contributed by atoms with Crippen LogP contribution in [0.25, 0.3) is 10.9 Å². The molecule has 8 heteroatoms. The van der Waals surface area contributed by atoms with Gasteiger partial charge in [0, 0.05) is 25.7 Å². The normalized spacial score (nSPS) is 16.7. The number of nitrogens with zero attached hydrogens (tertiary/aromatic N) is 1. The fraction of sp³-hybridized carbons (Fsp3) is 0.267. The van der Waals surface area contributed by atoms with Crippen LogP contribution in [0.3, 0.4) is 0 Å². The molecule has 0 radical (unpaired) electrons. The summed E-state index contributed by atoms with van der Waals surface area (Å²) >= 11 is 0. The number of hydrogen-bond donors (Lipinski definition) is 2. The number of aromatic nitrogens is 2. The minimum absolute atomic E-state index is 0.202. The van der Waals surface area contributed by atoms with Crippen LogP contribution < -0.4 is 10.1 Å². The molecule has 3 rings (SSSR count). The lowest BCUT2D eigenvalue weighted by atomic mass is 10.2. The van der Waals surface area contributed by atoms with Gasteiger partial charge in [0.05, 0.1) is 18.0 Å². The highest BCUT2D eigenvalue weighted by Crippen LogP contribution is 2.26. The Morgan fingerprint density at radius 2 is 1.96 bits per heavy atom. The molecule has 0 saturated carbocycles. The van der Waals surface area contributed by atoms with Crippen LogP contribution >= 0.6 is 0 Å². The molecule has 1 aromatic heterocycles. The number of ether oxygens (including phenoxy) is 3. The number of nitrogens with one attached hydrogen (secondary N) is 2. The van der Waals surface area contributed by atoms with Gasteiger partial charge in [-0.25, -0.2) is 9.59 Å². The molecule has 0 bridgehead atoms. The Morgan fingerprint density at radius 1 is 1.26 bits per heavy atom. The van der Waals surface area contributed by atoms with E-state index in [1.54, 1.807) is 18.2 Å². The second kappa shape index (κ2) is 5.31. The summed E-state index contributed by atoms with van der Waals surface area (Å²) in [4.78, 5) is 23.7. The van der Waals surface area contributed by atoms with Crippen molar-refractivity contribution in [3.63, 3.8) is 0 Å². The summed E-state index contributed by atoms with van der Waals surface area (Å²) in [7, 11) is 1.54. The Morgan fingerprint density at radius 3 is 2.61 bits per heavy atom. The van der Waals surface area contributed by atoms with E-state index in [0.29, 0.717) is 11.6 Å². The summed E-state index contributed by atoms with van der Waals surface area (Å²) in [6, 6.07) is 5.34. The predicted molar refractivity (Wildman–Crippen MR) is 80.6 cm³/mol. The third-order valence-corrected chi connectivity index (χ3v) is 3.22. The highest BCUT2D eigenvalue weighted by molar-refractivity contribution is 6.15. The molecule has 0 atom stereocenters. The molecule has 1 aromatic carbocycles. The third kappa shape index (κ3) is 2.83. The topological polar surface area (TPSA) is 103 Å². The average Bonchev–Trinajstić information content (AvgIpc) is 2.87. The maximum atomic E-state index is 11.8. The van der Waals surface area contributed by atoms with Crippen molar-refractivity contribution in [1.82, 2.24) is 10.2 Å². The molecule has 0 aliphatic carbocycles. The number of aromatic amines is 1. The Bertz CT molecular complexity index is 800. The molecule has 120 valence electrons. The van der Waals surface area contributed by atoms with E-state index in [0.717, 1.165) is 10.9 Å². The lowest BCUT2D eigenvalue weighted by Gasteiger charge is -2.29. The van der Waals surface area contributed by atoms with Crippen LogP contribution in [0, 0.1) is 0 Å². The molecular weight excluding hydrogens is 302 g/mol. The Hall–Kier alpha value is -3.03. The van der Waals surface area contributed by atoms with Crippen molar-refractivity contribution in [2.24, 2.45) is 0 Å². The van der Waals surface area contributed by atoms with Crippen molar-refractivity contribution in [3.8, 4) is 5.88 Å². The zero-order chi connectivity index (χ0) is 16.6. The van der Waals surface area contributed by atoms with Crippen molar-refractivity contribution >= 4 is 28.5 Å². The lowest BCUT2D eigenvalue weighted by molar-refractivity contribution is -0.222. The molecule has 2 aromatic rings. The minimum Gasteiger partial charge on any atom is -0.480 e. The van der Waals surface area contributed by atoms with E-state index < -0.39 is 17.7 Å². The highest BCUT2D eigenvalue weighted by atomic mass is 16.7. The maximum absolute atomic E-state index is 11.8. The van der Waals surface area contributed by atoms with Crippen LogP contribution in [0.1, 0.15) is 13.8 Å². The molecule has 1 aliphatic heterocycles. The SMILES string of the molecule is COc1n[nH]c2cc(NC=C3C(=O)OC(C)(C)OC3=O)ccc12. The number of anilines is 1. The summed E-state index contributed by atoms with van der Waals surface area (Å²) in [5.41, 5.74) is 1.20. The van der Waals surface area contributed by atoms with Gasteiger partial charge in [0.2, 0.25) is 5.88 Å². The number of benzene rings is 1. The standard InChI is InChI=1S/C15H15N3O5/c1-15(2)22-13(19)10(14(20)23-15)7-16-8-4-5-9-11(6-8)17-18-12(9)21-3/h4-7,16H,1-3H3,(H,17,18). The summed E-state index contributed by atoms with van der Waals surface area (Å²) in [5.74, 6) is -2.23. The Kier molecular flexibility index (Phi) is 3.44. The van der Waals surface area contributed by atoms with Crippen LogP contribution in [0.5, 0.6) is 5.88 Å². The first-order chi connectivity index (χ1) is 10.9. The molecule has 2 heterocycles. The van der Waals surface area contributed by atoms with Crippen LogP contribution in [-0.4, -0.2) is 35.0 Å². The smallest absolute Gasteiger partial charge is 0.350 e. The van der Waals surface area contributed by atoms with E-state index in [2.05, 4.69) is 15.5 Å². The fourth-order valence-corrected chi connectivity index (χ4v) is 2.17. The van der Waals surface area contributed by atoms with E-state index in [9.17, 15) is 9.59 Å². The van der Waals surface area contributed by atoms with Gasteiger partial charge in [0.1, 0.15) is 0 Å². The minimum atomic E-state index is -1.25. The fourth-order valence-electron chi connectivity index (χ4n) is 2.17. The third-order valence-electron chi connectivity index (χ3n) is 3.22. The van der Waals surface area contributed by atoms with Crippen LogP contribution in [0.4, 0.5) is 5.69 Å². The van der Waals surface area contributed by atoms with E-state index in [1.807, 2.05) is 0 Å². The number of carbonyl (C=O) groups excluding carboxylic acids is 2. The zero-order valence-electron chi connectivity index (χ0n) is 12.8. The summed E-state index contributed by atoms with van der Waals surface area (Å²) in [6.07, 6.45) is 1.26. The number of cyclic esters (lactones) is 2. The summed E-state index contributed by atoms with van der Waals surface area (Å²) in [5, 5.41) is 10.5. The van der Waals surface area contributed by atoms with Crippen LogP contribution in [-0.2, 0) is 19.1 Å². The van der Waals surface area contributed by atoms with Gasteiger partial charge in [-0.2, -0.15) is 0 Å². The van der Waals surface area contributed by atoms with E-state index in [4.69, 9.17) is 14.2 Å². The second-order valence-corrected chi connectivity index (χ2v) is 5.37. The average molecular weight is 317 g/mol. The van der Waals surface area contributed by atoms with Crippen molar-refractivity contribution in [1.29, 1.82) is 0 Å². The largest absolute Gasteiger partial charge is 0.480 e. The van der Waals surface area contributed by atoms with Gasteiger partial charge in [-0.1, -0.05) is 0 Å². The van der Waals surface area contributed by atoms with Crippen molar-refractivity contribution < 1.29 is 23.8 Å².